The highest BCUT2D eigenvalue weighted by molar-refractivity contribution is 5.85. The van der Waals surface area contributed by atoms with Crippen molar-refractivity contribution in [2.45, 2.75) is 26.7 Å². The minimum absolute atomic E-state index is 0.0393. The molecule has 0 heterocycles. The van der Waals surface area contributed by atoms with Crippen LogP contribution in [0.3, 0.4) is 0 Å². The van der Waals surface area contributed by atoms with Gasteiger partial charge in [0, 0.05) is 5.70 Å². The van der Waals surface area contributed by atoms with E-state index in [2.05, 4.69) is 43.1 Å². The molecule has 1 unspecified atom stereocenters. The molecule has 2 heteroatoms. The molecule has 128 valence electrons. The summed E-state index contributed by atoms with van der Waals surface area (Å²) in [5, 5.41) is 2.92. The van der Waals surface area contributed by atoms with E-state index < -0.39 is 0 Å². The van der Waals surface area contributed by atoms with E-state index in [4.69, 9.17) is 0 Å². The van der Waals surface area contributed by atoms with Crippen LogP contribution in [0.15, 0.2) is 85.1 Å². The molecule has 0 aliphatic carbocycles. The number of aryl methyl sites for hydroxylation is 1. The third kappa shape index (κ3) is 4.80. The van der Waals surface area contributed by atoms with Crippen molar-refractivity contribution in [3.05, 3.63) is 96.2 Å². The Morgan fingerprint density at radius 3 is 2.48 bits per heavy atom. The van der Waals surface area contributed by atoms with E-state index in [1.54, 1.807) is 6.08 Å². The van der Waals surface area contributed by atoms with Gasteiger partial charge in [-0.2, -0.15) is 0 Å². The van der Waals surface area contributed by atoms with Crippen LogP contribution in [0.4, 0.5) is 0 Å². The Balaban J connectivity index is 2.19. The van der Waals surface area contributed by atoms with Gasteiger partial charge in [-0.25, -0.2) is 0 Å². The smallest absolute Gasteiger partial charge is 0.231 e. The maximum atomic E-state index is 12.5. The van der Waals surface area contributed by atoms with Crippen molar-refractivity contribution in [1.82, 2.24) is 5.32 Å². The normalized spacial score (nSPS) is 12.8. The first-order valence-electron chi connectivity index (χ1n) is 8.49. The van der Waals surface area contributed by atoms with Gasteiger partial charge < -0.3 is 5.32 Å². The van der Waals surface area contributed by atoms with E-state index in [1.807, 2.05) is 56.3 Å². The monoisotopic (exact) mass is 331 g/mol. The largest absolute Gasteiger partial charge is 0.326 e. The van der Waals surface area contributed by atoms with Crippen LogP contribution in [0.25, 0.3) is 11.1 Å². The summed E-state index contributed by atoms with van der Waals surface area (Å²) >= 11 is 0. The molecular weight excluding hydrogens is 306 g/mol. The molecule has 2 aromatic rings. The van der Waals surface area contributed by atoms with Gasteiger partial charge in [0.2, 0.25) is 5.91 Å². The van der Waals surface area contributed by atoms with Crippen LogP contribution >= 0.6 is 0 Å². The molecule has 0 spiro atoms. The number of allylic oxidation sites excluding steroid dienone is 4. The Hall–Kier alpha value is -2.87. The van der Waals surface area contributed by atoms with Crippen LogP contribution in [-0.2, 0) is 4.79 Å². The third-order valence-electron chi connectivity index (χ3n) is 4.18. The zero-order valence-electron chi connectivity index (χ0n) is 15.1. The lowest BCUT2D eigenvalue weighted by Gasteiger charge is -2.15. The fourth-order valence-electron chi connectivity index (χ4n) is 2.66. The van der Waals surface area contributed by atoms with Gasteiger partial charge in [-0.05, 0) is 55.2 Å². The van der Waals surface area contributed by atoms with Crippen molar-refractivity contribution in [3.63, 3.8) is 0 Å². The quantitative estimate of drug-likeness (QED) is 0.693. The Morgan fingerprint density at radius 1 is 1.16 bits per heavy atom. The SMILES string of the molecule is C=C/C(=C\C=C/C)NC(=O)C(C)c1ccc(-c2ccccc2)c(C)c1. The number of hydrogen-bond acceptors (Lipinski definition) is 1. The summed E-state index contributed by atoms with van der Waals surface area (Å²) in [5.74, 6) is -0.278. The second-order valence-corrected chi connectivity index (χ2v) is 6.00. The summed E-state index contributed by atoms with van der Waals surface area (Å²) in [6, 6.07) is 16.5. The second-order valence-electron chi connectivity index (χ2n) is 6.00. The molecule has 0 saturated heterocycles. The van der Waals surface area contributed by atoms with Gasteiger partial charge in [0.1, 0.15) is 0 Å². The summed E-state index contributed by atoms with van der Waals surface area (Å²) in [6.45, 7) is 9.67. The number of carbonyl (C=O) groups is 1. The van der Waals surface area contributed by atoms with Crippen LogP contribution in [0.5, 0.6) is 0 Å². The van der Waals surface area contributed by atoms with E-state index in [1.165, 1.54) is 11.1 Å². The maximum absolute atomic E-state index is 12.5. The molecule has 0 saturated carbocycles. The molecule has 0 radical (unpaired) electrons. The van der Waals surface area contributed by atoms with E-state index >= 15 is 0 Å². The molecular formula is C23H25NO. The summed E-state index contributed by atoms with van der Waals surface area (Å²) in [6.07, 6.45) is 7.27. The average molecular weight is 331 g/mol. The van der Waals surface area contributed by atoms with Crippen molar-refractivity contribution in [3.8, 4) is 11.1 Å². The molecule has 2 rings (SSSR count). The fraction of sp³-hybridized carbons (Fsp3) is 0.174. The van der Waals surface area contributed by atoms with Gasteiger partial charge >= 0.3 is 0 Å². The summed E-state index contributed by atoms with van der Waals surface area (Å²) < 4.78 is 0. The van der Waals surface area contributed by atoms with Gasteiger partial charge in [-0.3, -0.25) is 4.79 Å². The minimum atomic E-state index is -0.238. The third-order valence-corrected chi connectivity index (χ3v) is 4.18. The first-order chi connectivity index (χ1) is 12.1. The fourth-order valence-corrected chi connectivity index (χ4v) is 2.66. The lowest BCUT2D eigenvalue weighted by Crippen LogP contribution is -2.26. The number of rotatable bonds is 6. The van der Waals surface area contributed by atoms with Crippen molar-refractivity contribution in [2.24, 2.45) is 0 Å². The van der Waals surface area contributed by atoms with Crippen molar-refractivity contribution >= 4 is 5.91 Å². The molecule has 0 aliphatic rings. The first-order valence-corrected chi connectivity index (χ1v) is 8.49. The summed E-state index contributed by atoms with van der Waals surface area (Å²) in [7, 11) is 0. The zero-order valence-corrected chi connectivity index (χ0v) is 15.1. The molecule has 1 amide bonds. The Kier molecular flexibility index (Phi) is 6.53. The Bertz CT molecular complexity index is 800. The molecule has 0 fully saturated rings. The first kappa shape index (κ1) is 18.5. The van der Waals surface area contributed by atoms with Gasteiger partial charge in [0.05, 0.1) is 5.92 Å². The predicted molar refractivity (Wildman–Crippen MR) is 106 cm³/mol. The highest BCUT2D eigenvalue weighted by Gasteiger charge is 2.16. The van der Waals surface area contributed by atoms with Crippen LogP contribution in [0.2, 0.25) is 0 Å². The molecule has 1 N–H and O–H groups in total. The van der Waals surface area contributed by atoms with Crippen molar-refractivity contribution in [1.29, 1.82) is 0 Å². The zero-order chi connectivity index (χ0) is 18.2. The van der Waals surface area contributed by atoms with Gasteiger partial charge in [-0.15, -0.1) is 0 Å². The number of hydrogen-bond donors (Lipinski definition) is 1. The Morgan fingerprint density at radius 2 is 1.88 bits per heavy atom. The van der Waals surface area contributed by atoms with E-state index in [-0.39, 0.29) is 11.8 Å². The molecule has 0 bridgehead atoms. The molecule has 2 aromatic carbocycles. The molecule has 1 atom stereocenters. The topological polar surface area (TPSA) is 29.1 Å². The van der Waals surface area contributed by atoms with Crippen LogP contribution in [0.1, 0.15) is 30.9 Å². The predicted octanol–water partition coefficient (Wildman–Crippen LogP) is 5.53. The lowest BCUT2D eigenvalue weighted by molar-refractivity contribution is -0.121. The molecule has 0 aliphatic heterocycles. The van der Waals surface area contributed by atoms with Gasteiger partial charge in [0.25, 0.3) is 0 Å². The molecule has 0 aromatic heterocycles. The summed E-state index contributed by atoms with van der Waals surface area (Å²) in [4.78, 5) is 12.5. The standard InChI is InChI=1S/C23H25NO/c1-5-7-13-21(6-2)24-23(25)18(4)20-14-15-22(17(3)16-20)19-11-9-8-10-12-19/h5-16,18H,2H2,1,3-4H3,(H,24,25)/b7-5-,21-13+. The highest BCUT2D eigenvalue weighted by atomic mass is 16.1. The highest BCUT2D eigenvalue weighted by Crippen LogP contribution is 2.27. The number of benzene rings is 2. The minimum Gasteiger partial charge on any atom is -0.326 e. The van der Waals surface area contributed by atoms with Gasteiger partial charge in [0.15, 0.2) is 0 Å². The van der Waals surface area contributed by atoms with E-state index in [9.17, 15) is 4.79 Å². The van der Waals surface area contributed by atoms with E-state index in [0.717, 1.165) is 11.1 Å². The van der Waals surface area contributed by atoms with Crippen LogP contribution in [0, 0.1) is 6.92 Å². The van der Waals surface area contributed by atoms with Crippen LogP contribution in [-0.4, -0.2) is 5.91 Å². The van der Waals surface area contributed by atoms with Crippen LogP contribution < -0.4 is 5.32 Å². The second kappa shape index (κ2) is 8.84. The van der Waals surface area contributed by atoms with Gasteiger partial charge in [-0.1, -0.05) is 67.3 Å². The van der Waals surface area contributed by atoms with Crippen molar-refractivity contribution in [2.75, 3.05) is 0 Å². The molecule has 25 heavy (non-hydrogen) atoms. The Labute approximate surface area is 150 Å². The van der Waals surface area contributed by atoms with Crippen molar-refractivity contribution < 1.29 is 4.79 Å². The van der Waals surface area contributed by atoms with E-state index in [0.29, 0.717) is 5.70 Å². The maximum Gasteiger partial charge on any atom is 0.231 e. The lowest BCUT2D eigenvalue weighted by atomic mass is 9.93. The average Bonchev–Trinajstić information content (AvgIpc) is 2.64. The molecule has 2 nitrogen and oxygen atoms in total. The number of nitrogens with one attached hydrogen (secondary N) is 1. The number of carbonyl (C=O) groups excluding carboxylic acids is 1. The number of amides is 1. The summed E-state index contributed by atoms with van der Waals surface area (Å²) in [5.41, 5.74) is 5.25.